The second kappa shape index (κ2) is 8.49. The number of hydrogen-bond donors (Lipinski definition) is 1. The van der Waals surface area contributed by atoms with Crippen LogP contribution < -0.4 is 0 Å². The fourth-order valence-electron chi connectivity index (χ4n) is 3.82. The SMILES string of the molecule is CC(C)(C)OC(=O)N1CCOC2(CCC(OCC(=O)O)(c3nc(Br)cs3)CC2)C1. The largest absolute Gasteiger partial charge is 0.480 e. The molecule has 162 valence electrons. The second-order valence-electron chi connectivity index (χ2n) is 8.59. The van der Waals surface area contributed by atoms with Crippen molar-refractivity contribution in [3.05, 3.63) is 15.0 Å². The Balaban J connectivity index is 1.72. The Morgan fingerprint density at radius 3 is 2.59 bits per heavy atom. The zero-order valence-electron chi connectivity index (χ0n) is 16.9. The molecule has 1 spiro atoms. The number of morpholine rings is 1. The van der Waals surface area contributed by atoms with Crippen LogP contribution in [0.25, 0.3) is 0 Å². The number of aliphatic carboxylic acids is 1. The monoisotopic (exact) mass is 490 g/mol. The van der Waals surface area contributed by atoms with Crippen molar-refractivity contribution in [2.75, 3.05) is 26.3 Å². The average Bonchev–Trinajstić information content (AvgIpc) is 3.07. The molecule has 0 unspecified atom stereocenters. The Kier molecular flexibility index (Phi) is 6.57. The molecule has 1 N–H and O–H groups in total. The molecule has 10 heteroatoms. The lowest BCUT2D eigenvalue weighted by Gasteiger charge is -2.49. The number of amides is 1. The minimum atomic E-state index is -1.01. The predicted octanol–water partition coefficient (Wildman–Crippen LogP) is 3.78. The van der Waals surface area contributed by atoms with Crippen molar-refractivity contribution in [3.8, 4) is 0 Å². The fourth-order valence-corrected chi connectivity index (χ4v) is 5.29. The summed E-state index contributed by atoms with van der Waals surface area (Å²) in [6.07, 6.45) is 2.10. The van der Waals surface area contributed by atoms with Crippen LogP contribution in [0.5, 0.6) is 0 Å². The summed E-state index contributed by atoms with van der Waals surface area (Å²) < 4.78 is 18.2. The molecule has 1 saturated carbocycles. The maximum absolute atomic E-state index is 12.5. The molecule has 1 aliphatic carbocycles. The molecule has 2 heterocycles. The van der Waals surface area contributed by atoms with E-state index in [1.165, 1.54) is 11.3 Å². The normalized spacial score (nSPS) is 27.8. The molecule has 2 fully saturated rings. The molecule has 1 aliphatic heterocycles. The van der Waals surface area contributed by atoms with E-state index in [2.05, 4.69) is 20.9 Å². The lowest BCUT2D eigenvalue weighted by molar-refractivity contribution is -0.177. The van der Waals surface area contributed by atoms with Gasteiger partial charge in [-0.15, -0.1) is 11.3 Å². The van der Waals surface area contributed by atoms with Crippen molar-refractivity contribution in [2.24, 2.45) is 0 Å². The van der Waals surface area contributed by atoms with Crippen LogP contribution in [0.2, 0.25) is 0 Å². The Morgan fingerprint density at radius 2 is 2.03 bits per heavy atom. The number of thiazole rings is 1. The first kappa shape index (κ1) is 22.5. The lowest BCUT2D eigenvalue weighted by Crippen LogP contribution is -2.57. The van der Waals surface area contributed by atoms with E-state index in [-0.39, 0.29) is 12.7 Å². The second-order valence-corrected chi connectivity index (χ2v) is 10.3. The molecule has 1 aromatic heterocycles. The van der Waals surface area contributed by atoms with Gasteiger partial charge >= 0.3 is 12.1 Å². The highest BCUT2D eigenvalue weighted by Gasteiger charge is 2.49. The quantitative estimate of drug-likeness (QED) is 0.685. The molecule has 0 atom stereocenters. The molecule has 3 rings (SSSR count). The van der Waals surface area contributed by atoms with Crippen LogP contribution in [0.3, 0.4) is 0 Å². The lowest BCUT2D eigenvalue weighted by atomic mass is 9.75. The summed E-state index contributed by atoms with van der Waals surface area (Å²) >= 11 is 4.82. The Morgan fingerprint density at radius 1 is 1.34 bits per heavy atom. The number of carboxylic acids is 1. The Hall–Kier alpha value is -1.23. The minimum absolute atomic E-state index is 0.331. The van der Waals surface area contributed by atoms with Crippen molar-refractivity contribution >= 4 is 39.3 Å². The van der Waals surface area contributed by atoms with Gasteiger partial charge in [-0.2, -0.15) is 0 Å². The van der Waals surface area contributed by atoms with Crippen molar-refractivity contribution < 1.29 is 28.9 Å². The molecular weight excluding hydrogens is 464 g/mol. The number of nitrogens with zero attached hydrogens (tertiary/aromatic N) is 2. The van der Waals surface area contributed by atoms with Crippen molar-refractivity contribution in [1.82, 2.24) is 9.88 Å². The van der Waals surface area contributed by atoms with E-state index in [1.54, 1.807) is 4.90 Å². The van der Waals surface area contributed by atoms with Crippen LogP contribution in [0.15, 0.2) is 9.98 Å². The summed E-state index contributed by atoms with van der Waals surface area (Å²) in [7, 11) is 0. The molecule has 0 bridgehead atoms. The molecule has 8 nitrogen and oxygen atoms in total. The van der Waals surface area contributed by atoms with Gasteiger partial charge in [0.1, 0.15) is 27.4 Å². The number of rotatable bonds is 4. The number of aromatic nitrogens is 1. The van der Waals surface area contributed by atoms with Crippen molar-refractivity contribution in [2.45, 2.75) is 63.3 Å². The number of carbonyl (C=O) groups is 2. The first-order valence-electron chi connectivity index (χ1n) is 9.62. The summed E-state index contributed by atoms with van der Waals surface area (Å²) in [6.45, 7) is 6.57. The van der Waals surface area contributed by atoms with Gasteiger partial charge in [-0.3, -0.25) is 0 Å². The maximum Gasteiger partial charge on any atom is 0.410 e. The standard InChI is InChI=1S/C19H27BrN2O6S/c1-17(2,3)28-16(25)22-8-9-26-18(12-22)4-6-19(7-5-18,27-10-14(23)24)15-21-13(20)11-29-15/h11H,4-10,12H2,1-3H3,(H,23,24). The highest BCUT2D eigenvalue weighted by atomic mass is 79.9. The fraction of sp³-hybridized carbons (Fsp3) is 0.737. The van der Waals surface area contributed by atoms with Gasteiger partial charge < -0.3 is 24.2 Å². The zero-order valence-corrected chi connectivity index (χ0v) is 19.3. The molecule has 0 aromatic carbocycles. The predicted molar refractivity (Wildman–Crippen MR) is 110 cm³/mol. The van der Waals surface area contributed by atoms with Gasteiger partial charge in [0.25, 0.3) is 0 Å². The van der Waals surface area contributed by atoms with Crippen LogP contribution in [0.1, 0.15) is 51.5 Å². The number of hydrogen-bond acceptors (Lipinski definition) is 7. The number of halogens is 1. The third kappa shape index (κ3) is 5.48. The number of ether oxygens (including phenoxy) is 3. The van der Waals surface area contributed by atoms with E-state index < -0.39 is 22.8 Å². The number of carboxylic acid groups (broad SMARTS) is 1. The maximum atomic E-state index is 12.5. The van der Waals surface area contributed by atoms with Crippen LogP contribution in [-0.4, -0.2) is 64.6 Å². The average molecular weight is 491 g/mol. The summed E-state index contributed by atoms with van der Waals surface area (Å²) in [5, 5.41) is 11.7. The van der Waals surface area contributed by atoms with E-state index in [9.17, 15) is 9.59 Å². The van der Waals surface area contributed by atoms with Gasteiger partial charge in [0.2, 0.25) is 0 Å². The first-order valence-corrected chi connectivity index (χ1v) is 11.3. The zero-order chi connectivity index (χ0) is 21.3. The van der Waals surface area contributed by atoms with Crippen LogP contribution >= 0.6 is 27.3 Å². The van der Waals surface area contributed by atoms with Crippen molar-refractivity contribution in [1.29, 1.82) is 0 Å². The molecule has 29 heavy (non-hydrogen) atoms. The van der Waals surface area contributed by atoms with E-state index in [4.69, 9.17) is 19.3 Å². The molecule has 0 radical (unpaired) electrons. The van der Waals surface area contributed by atoms with Gasteiger partial charge in [0.15, 0.2) is 0 Å². The molecular formula is C19H27BrN2O6S. The van der Waals surface area contributed by atoms with Crippen LogP contribution in [0, 0.1) is 0 Å². The third-order valence-corrected chi connectivity index (χ3v) is 6.94. The van der Waals surface area contributed by atoms with Gasteiger partial charge in [-0.05, 0) is 62.4 Å². The highest BCUT2D eigenvalue weighted by molar-refractivity contribution is 9.10. The van der Waals surface area contributed by atoms with E-state index in [1.807, 2.05) is 26.2 Å². The van der Waals surface area contributed by atoms with Crippen LogP contribution in [-0.2, 0) is 24.6 Å². The van der Waals surface area contributed by atoms with Crippen LogP contribution in [0.4, 0.5) is 4.79 Å². The van der Waals surface area contributed by atoms with E-state index in [0.29, 0.717) is 50.0 Å². The topological polar surface area (TPSA) is 98.2 Å². The summed E-state index contributed by atoms with van der Waals surface area (Å²) in [5.74, 6) is -1.01. The van der Waals surface area contributed by atoms with Gasteiger partial charge in [0.05, 0.1) is 18.8 Å². The number of carbonyl (C=O) groups excluding carboxylic acids is 1. The first-order chi connectivity index (χ1) is 13.5. The molecule has 1 amide bonds. The Labute approximate surface area is 182 Å². The van der Waals surface area contributed by atoms with Gasteiger partial charge in [0, 0.05) is 11.9 Å². The highest BCUT2D eigenvalue weighted by Crippen LogP contribution is 2.47. The third-order valence-electron chi connectivity index (χ3n) is 5.21. The minimum Gasteiger partial charge on any atom is -0.480 e. The van der Waals surface area contributed by atoms with Crippen molar-refractivity contribution in [3.63, 3.8) is 0 Å². The van der Waals surface area contributed by atoms with E-state index >= 15 is 0 Å². The summed E-state index contributed by atoms with van der Waals surface area (Å²) in [6, 6.07) is 0. The smallest absolute Gasteiger partial charge is 0.410 e. The molecule has 1 aromatic rings. The van der Waals surface area contributed by atoms with Gasteiger partial charge in [-0.25, -0.2) is 14.6 Å². The molecule has 2 aliphatic rings. The van der Waals surface area contributed by atoms with Gasteiger partial charge in [-0.1, -0.05) is 0 Å². The Bertz CT molecular complexity index is 754. The molecule has 1 saturated heterocycles. The summed E-state index contributed by atoms with van der Waals surface area (Å²) in [4.78, 5) is 29.8. The van der Waals surface area contributed by atoms with E-state index in [0.717, 1.165) is 5.01 Å². The summed E-state index contributed by atoms with van der Waals surface area (Å²) in [5.41, 5.74) is -1.77.